The molecule has 0 saturated carbocycles. The summed E-state index contributed by atoms with van der Waals surface area (Å²) in [5.41, 5.74) is 2.39. The fourth-order valence-electron chi connectivity index (χ4n) is 4.88. The van der Waals surface area contributed by atoms with Crippen molar-refractivity contribution < 1.29 is 24.0 Å². The number of benzene rings is 4. The molecule has 10 nitrogen and oxygen atoms in total. The SMILES string of the molecule is O=C(CN1C(=O)c2ccccc2C1=O)Sc1nc(-c2cccc([N+](=O)[O-])c2)cc(-c2ccc3c(c2)Sc2ccccc2O3)n1. The number of nitro groups is 1. The summed E-state index contributed by atoms with van der Waals surface area (Å²) in [7, 11) is 0. The lowest BCUT2D eigenvalue weighted by Gasteiger charge is -2.20. The molecule has 5 aromatic rings. The third kappa shape index (κ3) is 5.10. The van der Waals surface area contributed by atoms with Crippen molar-refractivity contribution in [2.45, 2.75) is 14.9 Å². The average molecular weight is 619 g/mol. The van der Waals surface area contributed by atoms with Crippen molar-refractivity contribution in [1.82, 2.24) is 14.9 Å². The van der Waals surface area contributed by atoms with E-state index in [1.807, 2.05) is 42.5 Å². The maximum absolute atomic E-state index is 13.2. The van der Waals surface area contributed by atoms with Gasteiger partial charge in [-0.25, -0.2) is 9.97 Å². The number of rotatable bonds is 6. The Morgan fingerprint density at radius 3 is 2.18 bits per heavy atom. The highest BCUT2D eigenvalue weighted by molar-refractivity contribution is 8.13. The van der Waals surface area contributed by atoms with Crippen LogP contribution in [0.1, 0.15) is 20.7 Å². The highest BCUT2D eigenvalue weighted by Crippen LogP contribution is 2.48. The zero-order valence-electron chi connectivity index (χ0n) is 22.5. The van der Waals surface area contributed by atoms with Crippen LogP contribution in [0.15, 0.2) is 112 Å². The smallest absolute Gasteiger partial charge is 0.270 e. The van der Waals surface area contributed by atoms with Crippen molar-refractivity contribution in [3.63, 3.8) is 0 Å². The van der Waals surface area contributed by atoms with Crippen LogP contribution in [-0.4, -0.2) is 43.3 Å². The Morgan fingerprint density at radius 2 is 1.45 bits per heavy atom. The van der Waals surface area contributed by atoms with Crippen LogP contribution in [0.3, 0.4) is 0 Å². The van der Waals surface area contributed by atoms with Gasteiger partial charge in [-0.1, -0.05) is 48.2 Å². The second kappa shape index (κ2) is 11.1. The van der Waals surface area contributed by atoms with Crippen LogP contribution in [0.4, 0.5) is 5.69 Å². The summed E-state index contributed by atoms with van der Waals surface area (Å²) >= 11 is 2.24. The fourth-order valence-corrected chi connectivity index (χ4v) is 6.55. The van der Waals surface area contributed by atoms with Gasteiger partial charge in [0.05, 0.1) is 43.8 Å². The molecular weight excluding hydrogens is 601 g/mol. The number of hydrogen-bond acceptors (Lipinski definition) is 10. The number of thioether (sulfide) groups is 1. The van der Waals surface area contributed by atoms with Gasteiger partial charge >= 0.3 is 0 Å². The predicted molar refractivity (Wildman–Crippen MR) is 163 cm³/mol. The first kappa shape index (κ1) is 27.5. The summed E-state index contributed by atoms with van der Waals surface area (Å²) in [5.74, 6) is 0.378. The molecule has 214 valence electrons. The topological polar surface area (TPSA) is 133 Å². The number of imide groups is 1. The molecule has 2 aliphatic rings. The number of hydrogen-bond donors (Lipinski definition) is 0. The molecule has 0 unspecified atom stereocenters. The van der Waals surface area contributed by atoms with Crippen molar-refractivity contribution in [3.8, 4) is 34.0 Å². The predicted octanol–water partition coefficient (Wildman–Crippen LogP) is 6.89. The molecule has 44 heavy (non-hydrogen) atoms. The van der Waals surface area contributed by atoms with E-state index in [0.717, 1.165) is 20.4 Å². The van der Waals surface area contributed by atoms with E-state index in [2.05, 4.69) is 9.97 Å². The Balaban J connectivity index is 1.23. The Labute approximate surface area is 258 Å². The van der Waals surface area contributed by atoms with E-state index in [-0.39, 0.29) is 22.0 Å². The zero-order valence-corrected chi connectivity index (χ0v) is 24.1. The van der Waals surface area contributed by atoms with E-state index in [1.54, 1.807) is 54.2 Å². The highest BCUT2D eigenvalue weighted by Gasteiger charge is 2.36. The van der Waals surface area contributed by atoms with Crippen LogP contribution in [0.25, 0.3) is 22.5 Å². The third-order valence-electron chi connectivity index (χ3n) is 6.96. The summed E-state index contributed by atoms with van der Waals surface area (Å²) in [5, 5.41) is 11.0. The zero-order chi connectivity index (χ0) is 30.4. The second-order valence-electron chi connectivity index (χ2n) is 9.76. The summed E-state index contributed by atoms with van der Waals surface area (Å²) in [4.78, 5) is 61.6. The Morgan fingerprint density at radius 1 is 0.795 bits per heavy atom. The average Bonchev–Trinajstić information content (AvgIpc) is 3.28. The number of amides is 2. The number of non-ortho nitro benzene ring substituents is 1. The van der Waals surface area contributed by atoms with Crippen LogP contribution < -0.4 is 4.74 Å². The molecule has 0 aliphatic carbocycles. The Kier molecular flexibility index (Phi) is 6.91. The largest absolute Gasteiger partial charge is 0.455 e. The molecule has 1 aromatic heterocycles. The minimum Gasteiger partial charge on any atom is -0.455 e. The quantitative estimate of drug-likeness (QED) is 0.0639. The number of para-hydroxylation sites is 1. The van der Waals surface area contributed by atoms with Gasteiger partial charge in [-0.3, -0.25) is 29.4 Å². The fraction of sp³-hybridized carbons (Fsp3) is 0.0312. The lowest BCUT2D eigenvalue weighted by Crippen LogP contribution is -2.34. The standard InChI is InChI=1S/C32H18N4O6S2/c37-29(17-35-30(38)21-8-1-2-9-22(21)31(35)39)44-32-33-23(18-6-5-7-20(14-18)36(40)41)16-24(34-32)19-12-13-26-28(15-19)43-27-11-4-3-10-25(27)42-26/h1-16H,17H2. The first-order chi connectivity index (χ1) is 21.3. The minimum absolute atomic E-state index is 0.0672. The van der Waals surface area contributed by atoms with Gasteiger partial charge in [0.15, 0.2) is 5.16 Å². The molecule has 12 heteroatoms. The lowest BCUT2D eigenvalue weighted by atomic mass is 10.1. The van der Waals surface area contributed by atoms with E-state index < -0.39 is 28.4 Å². The molecule has 0 saturated heterocycles. The molecule has 2 aliphatic heterocycles. The van der Waals surface area contributed by atoms with E-state index in [9.17, 15) is 24.5 Å². The first-order valence-corrected chi connectivity index (χ1v) is 14.9. The van der Waals surface area contributed by atoms with Crippen LogP contribution >= 0.6 is 23.5 Å². The second-order valence-corrected chi connectivity index (χ2v) is 11.9. The molecule has 0 atom stereocenters. The maximum atomic E-state index is 13.2. The monoisotopic (exact) mass is 618 g/mol. The van der Waals surface area contributed by atoms with Gasteiger partial charge in [-0.15, -0.1) is 0 Å². The number of fused-ring (bicyclic) bond motifs is 3. The van der Waals surface area contributed by atoms with E-state index in [0.29, 0.717) is 40.0 Å². The number of carbonyl (C=O) groups is 3. The number of nitro benzene ring substituents is 1. The van der Waals surface area contributed by atoms with Crippen LogP contribution in [0.2, 0.25) is 0 Å². The first-order valence-electron chi connectivity index (χ1n) is 13.2. The molecule has 0 spiro atoms. The molecular formula is C32H18N4O6S2. The van der Waals surface area contributed by atoms with Crippen LogP contribution in [-0.2, 0) is 4.79 Å². The summed E-state index contributed by atoms with van der Waals surface area (Å²) in [6.07, 6.45) is 0. The minimum atomic E-state index is -0.540. The highest BCUT2D eigenvalue weighted by atomic mass is 32.2. The maximum Gasteiger partial charge on any atom is 0.270 e. The van der Waals surface area contributed by atoms with Crippen molar-refractivity contribution in [1.29, 1.82) is 0 Å². The van der Waals surface area contributed by atoms with Crippen LogP contribution in [0, 0.1) is 10.1 Å². The summed E-state index contributed by atoms with van der Waals surface area (Å²) in [6, 6.07) is 27.4. The van der Waals surface area contributed by atoms with Crippen molar-refractivity contribution in [3.05, 3.63) is 118 Å². The van der Waals surface area contributed by atoms with Crippen molar-refractivity contribution in [2.24, 2.45) is 0 Å². The van der Waals surface area contributed by atoms with Gasteiger partial charge in [0.1, 0.15) is 11.5 Å². The molecule has 4 aromatic carbocycles. The van der Waals surface area contributed by atoms with Crippen molar-refractivity contribution in [2.75, 3.05) is 6.54 Å². The lowest BCUT2D eigenvalue weighted by molar-refractivity contribution is -0.384. The van der Waals surface area contributed by atoms with E-state index in [4.69, 9.17) is 4.74 Å². The van der Waals surface area contributed by atoms with Crippen molar-refractivity contribution >= 4 is 46.1 Å². The molecule has 0 N–H and O–H groups in total. The van der Waals surface area contributed by atoms with Gasteiger partial charge in [-0.2, -0.15) is 0 Å². The van der Waals surface area contributed by atoms with E-state index >= 15 is 0 Å². The Hall–Kier alpha value is -5.33. The van der Waals surface area contributed by atoms with Gasteiger partial charge in [0.2, 0.25) is 5.12 Å². The number of carbonyl (C=O) groups excluding carboxylic acids is 3. The van der Waals surface area contributed by atoms with Crippen LogP contribution in [0.5, 0.6) is 11.5 Å². The number of ether oxygens (including phenoxy) is 1. The molecule has 7 rings (SSSR count). The normalized spacial score (nSPS) is 13.1. The molecule has 2 amide bonds. The summed E-state index contributed by atoms with van der Waals surface area (Å²) < 4.78 is 6.05. The number of aromatic nitrogens is 2. The Bertz CT molecular complexity index is 2010. The molecule has 0 fully saturated rings. The third-order valence-corrected chi connectivity index (χ3v) is 8.78. The number of nitrogens with zero attached hydrogens (tertiary/aromatic N) is 4. The van der Waals surface area contributed by atoms with Gasteiger partial charge < -0.3 is 4.74 Å². The summed E-state index contributed by atoms with van der Waals surface area (Å²) in [6.45, 7) is -0.469. The van der Waals surface area contributed by atoms with Gasteiger partial charge in [0, 0.05) is 23.3 Å². The molecule has 3 heterocycles. The van der Waals surface area contributed by atoms with Gasteiger partial charge in [-0.05, 0) is 60.3 Å². The molecule has 0 bridgehead atoms. The van der Waals surface area contributed by atoms with Gasteiger partial charge in [0.25, 0.3) is 17.5 Å². The van der Waals surface area contributed by atoms with E-state index in [1.165, 1.54) is 12.1 Å². The molecule has 0 radical (unpaired) electrons.